The highest BCUT2D eigenvalue weighted by atomic mass is 16.5. The Morgan fingerprint density at radius 3 is 2.44 bits per heavy atom. The van der Waals surface area contributed by atoms with Crippen LogP contribution < -0.4 is 11.2 Å². The van der Waals surface area contributed by atoms with Crippen molar-refractivity contribution in [3.05, 3.63) is 32.2 Å². The van der Waals surface area contributed by atoms with Gasteiger partial charge >= 0.3 is 11.7 Å². The number of ether oxygens (including phenoxy) is 1. The van der Waals surface area contributed by atoms with Crippen LogP contribution in [0.5, 0.6) is 0 Å². The molecule has 9 nitrogen and oxygen atoms in total. The maximum absolute atomic E-state index is 13.1. The molecule has 0 N–H and O–H groups in total. The van der Waals surface area contributed by atoms with Gasteiger partial charge < -0.3 is 9.30 Å². The predicted octanol–water partition coefficient (Wildman–Crippen LogP) is 1.13. The lowest BCUT2D eigenvalue weighted by atomic mass is 10.3. The molecule has 0 unspecified atom stereocenters. The predicted molar refractivity (Wildman–Crippen MR) is 101 cm³/mol. The van der Waals surface area contributed by atoms with Crippen LogP contribution in [0.2, 0.25) is 0 Å². The zero-order chi connectivity index (χ0) is 19.9. The molecule has 3 rings (SSSR count). The Bertz CT molecular complexity index is 1150. The van der Waals surface area contributed by atoms with Gasteiger partial charge in [0.25, 0.3) is 5.56 Å². The second kappa shape index (κ2) is 7.05. The van der Waals surface area contributed by atoms with Crippen LogP contribution in [0.3, 0.4) is 0 Å². The molecular formula is C18H25N5O4. The van der Waals surface area contributed by atoms with Crippen LogP contribution >= 0.6 is 0 Å². The fourth-order valence-electron chi connectivity index (χ4n) is 3.37. The number of imidazole rings is 2. The molecule has 3 aromatic heterocycles. The van der Waals surface area contributed by atoms with Gasteiger partial charge in [-0.1, -0.05) is 13.3 Å². The number of hydrogen-bond donors (Lipinski definition) is 0. The van der Waals surface area contributed by atoms with Crippen molar-refractivity contribution in [2.45, 2.75) is 53.6 Å². The van der Waals surface area contributed by atoms with E-state index in [1.807, 2.05) is 13.8 Å². The van der Waals surface area contributed by atoms with Crippen molar-refractivity contribution in [1.29, 1.82) is 0 Å². The van der Waals surface area contributed by atoms with Gasteiger partial charge in [-0.3, -0.25) is 18.6 Å². The van der Waals surface area contributed by atoms with Crippen LogP contribution in [0.1, 0.15) is 38.1 Å². The van der Waals surface area contributed by atoms with Gasteiger partial charge in [0, 0.05) is 25.0 Å². The van der Waals surface area contributed by atoms with E-state index in [1.54, 1.807) is 18.4 Å². The van der Waals surface area contributed by atoms with Crippen molar-refractivity contribution in [3.8, 4) is 0 Å². The second-order valence-corrected chi connectivity index (χ2v) is 6.63. The van der Waals surface area contributed by atoms with Crippen molar-refractivity contribution >= 4 is 22.9 Å². The fourth-order valence-corrected chi connectivity index (χ4v) is 3.37. The third-order valence-corrected chi connectivity index (χ3v) is 4.96. The highest BCUT2D eigenvalue weighted by Crippen LogP contribution is 2.21. The first-order valence-electron chi connectivity index (χ1n) is 9.16. The largest absolute Gasteiger partial charge is 0.465 e. The fraction of sp³-hybridized carbons (Fsp3) is 0.556. The molecule has 3 aromatic rings. The van der Waals surface area contributed by atoms with E-state index in [1.165, 1.54) is 4.57 Å². The van der Waals surface area contributed by atoms with Crippen molar-refractivity contribution in [3.63, 3.8) is 0 Å². The molecule has 146 valence electrons. The van der Waals surface area contributed by atoms with Crippen LogP contribution in [-0.2, 0) is 29.7 Å². The maximum Gasteiger partial charge on any atom is 0.333 e. The van der Waals surface area contributed by atoms with Gasteiger partial charge in [-0.2, -0.15) is 4.98 Å². The van der Waals surface area contributed by atoms with E-state index < -0.39 is 23.8 Å². The van der Waals surface area contributed by atoms with Crippen LogP contribution in [0.15, 0.2) is 9.59 Å². The quantitative estimate of drug-likeness (QED) is 0.602. The third kappa shape index (κ3) is 2.87. The number of esters is 1. The molecule has 0 aliphatic carbocycles. The van der Waals surface area contributed by atoms with Gasteiger partial charge in [-0.05, 0) is 27.2 Å². The summed E-state index contributed by atoms with van der Waals surface area (Å²) in [5.41, 5.74) is 1.40. The molecule has 0 aliphatic rings. The summed E-state index contributed by atoms with van der Waals surface area (Å²) in [5.74, 6) is 0.0136. The van der Waals surface area contributed by atoms with Crippen LogP contribution in [-0.4, -0.2) is 35.7 Å². The second-order valence-electron chi connectivity index (χ2n) is 6.63. The molecule has 3 heterocycles. The first-order valence-corrected chi connectivity index (χ1v) is 9.16. The number of unbranched alkanes of at least 4 members (excludes halogenated alkanes) is 1. The maximum atomic E-state index is 13.1. The van der Waals surface area contributed by atoms with Crippen LogP contribution in [0.4, 0.5) is 0 Å². The molecule has 0 spiro atoms. The Kier molecular flexibility index (Phi) is 4.95. The minimum Gasteiger partial charge on any atom is -0.465 e. The number of nitrogens with zero attached hydrogens (tertiary/aromatic N) is 5. The SMILES string of the molecule is CCCCn1c(C)c(C)n2c3c(=O)n(CC(=O)OCC)c(=O)n(C)c3nc12. The molecule has 0 saturated heterocycles. The average molecular weight is 375 g/mol. The Morgan fingerprint density at radius 1 is 1.11 bits per heavy atom. The summed E-state index contributed by atoms with van der Waals surface area (Å²) in [6.45, 7) is 8.25. The lowest BCUT2D eigenvalue weighted by Crippen LogP contribution is -2.41. The Labute approximate surface area is 155 Å². The molecular weight excluding hydrogens is 350 g/mol. The molecule has 9 heteroatoms. The number of carbonyl (C=O) groups excluding carboxylic acids is 1. The Balaban J connectivity index is 2.34. The van der Waals surface area contributed by atoms with E-state index >= 15 is 0 Å². The smallest absolute Gasteiger partial charge is 0.333 e. The average Bonchev–Trinajstić information content (AvgIpc) is 3.12. The van der Waals surface area contributed by atoms with Crippen LogP contribution in [0, 0.1) is 13.8 Å². The number of aryl methyl sites for hydroxylation is 3. The van der Waals surface area contributed by atoms with E-state index in [4.69, 9.17) is 4.74 Å². The van der Waals surface area contributed by atoms with Gasteiger partial charge in [0.2, 0.25) is 5.78 Å². The molecule has 0 amide bonds. The normalized spacial score (nSPS) is 11.6. The highest BCUT2D eigenvalue weighted by Gasteiger charge is 2.23. The van der Waals surface area contributed by atoms with Crippen molar-refractivity contribution in [1.82, 2.24) is 23.1 Å². The van der Waals surface area contributed by atoms with Crippen molar-refractivity contribution in [2.24, 2.45) is 7.05 Å². The molecule has 0 atom stereocenters. The lowest BCUT2D eigenvalue weighted by Gasteiger charge is -2.08. The first-order chi connectivity index (χ1) is 12.8. The van der Waals surface area contributed by atoms with E-state index in [-0.39, 0.29) is 6.61 Å². The molecule has 0 saturated carbocycles. The summed E-state index contributed by atoms with van der Waals surface area (Å²) in [6, 6.07) is 0. The molecule has 0 fully saturated rings. The number of rotatable bonds is 6. The van der Waals surface area contributed by atoms with Gasteiger partial charge in [0.1, 0.15) is 6.54 Å². The molecule has 0 aromatic carbocycles. The number of aromatic nitrogens is 5. The van der Waals surface area contributed by atoms with Crippen molar-refractivity contribution < 1.29 is 9.53 Å². The monoisotopic (exact) mass is 375 g/mol. The zero-order valence-electron chi connectivity index (χ0n) is 16.4. The summed E-state index contributed by atoms with van der Waals surface area (Å²) in [5, 5.41) is 0. The van der Waals surface area contributed by atoms with Gasteiger partial charge in [-0.25, -0.2) is 9.36 Å². The number of hydrogen-bond acceptors (Lipinski definition) is 5. The van der Waals surface area contributed by atoms with Gasteiger partial charge in [0.15, 0.2) is 11.2 Å². The number of carbonyl (C=O) groups is 1. The van der Waals surface area contributed by atoms with Gasteiger partial charge in [0.05, 0.1) is 6.61 Å². The minimum atomic E-state index is -0.620. The summed E-state index contributed by atoms with van der Waals surface area (Å²) >= 11 is 0. The standard InChI is InChI=1S/C18H25N5O4/c1-6-8-9-21-11(3)12(4)23-14-15(19-17(21)23)20(5)18(26)22(16(14)25)10-13(24)27-7-2/h6-10H2,1-5H3. The molecule has 27 heavy (non-hydrogen) atoms. The lowest BCUT2D eigenvalue weighted by molar-refractivity contribution is -0.143. The van der Waals surface area contributed by atoms with Crippen molar-refractivity contribution in [2.75, 3.05) is 6.61 Å². The van der Waals surface area contributed by atoms with E-state index in [0.29, 0.717) is 16.9 Å². The summed E-state index contributed by atoms with van der Waals surface area (Å²) in [7, 11) is 1.55. The van der Waals surface area contributed by atoms with Gasteiger partial charge in [-0.15, -0.1) is 0 Å². The molecule has 0 bridgehead atoms. The van der Waals surface area contributed by atoms with E-state index in [2.05, 4.69) is 16.5 Å². The Hall–Kier alpha value is -2.84. The number of fused-ring (bicyclic) bond motifs is 3. The minimum absolute atomic E-state index is 0.186. The third-order valence-electron chi connectivity index (χ3n) is 4.96. The van der Waals surface area contributed by atoms with Crippen LogP contribution in [0.25, 0.3) is 16.9 Å². The molecule has 0 aliphatic heterocycles. The topological polar surface area (TPSA) is 92.5 Å². The summed E-state index contributed by atoms with van der Waals surface area (Å²) in [6.07, 6.45) is 2.02. The van der Waals surface area contributed by atoms with E-state index in [0.717, 1.165) is 35.3 Å². The summed E-state index contributed by atoms with van der Waals surface area (Å²) in [4.78, 5) is 42.1. The highest BCUT2D eigenvalue weighted by molar-refractivity contribution is 5.77. The molecule has 0 radical (unpaired) electrons. The zero-order valence-corrected chi connectivity index (χ0v) is 16.4. The summed E-state index contributed by atoms with van der Waals surface area (Å²) < 4.78 is 11.0. The van der Waals surface area contributed by atoms with E-state index in [9.17, 15) is 14.4 Å². The Morgan fingerprint density at radius 2 is 1.81 bits per heavy atom. The first kappa shape index (κ1) is 18.9.